The van der Waals surface area contributed by atoms with E-state index in [1.54, 1.807) is 35.7 Å². The predicted molar refractivity (Wildman–Crippen MR) is 84.7 cm³/mol. The fourth-order valence-corrected chi connectivity index (χ4v) is 3.25. The van der Waals surface area contributed by atoms with E-state index >= 15 is 0 Å². The maximum absolute atomic E-state index is 10.3. The minimum absolute atomic E-state index is 0.415. The first-order valence-corrected chi connectivity index (χ1v) is 7.72. The number of thiophene rings is 1. The van der Waals surface area contributed by atoms with Gasteiger partial charge in [-0.1, -0.05) is 23.2 Å². The molecule has 1 N–H and O–H groups in total. The van der Waals surface area contributed by atoms with E-state index in [0.29, 0.717) is 16.5 Å². The average molecular weight is 324 g/mol. The van der Waals surface area contributed by atoms with Gasteiger partial charge < -0.3 is 5.11 Å². The number of aliphatic hydroxyl groups is 1. The predicted octanol–water partition coefficient (Wildman–Crippen LogP) is 4.88. The Hall–Kier alpha value is -1.13. The molecule has 2 aromatic heterocycles. The molecule has 20 heavy (non-hydrogen) atoms. The van der Waals surface area contributed by atoms with Crippen molar-refractivity contribution in [3.8, 4) is 0 Å². The molecule has 0 aliphatic rings. The largest absolute Gasteiger partial charge is 0.388 e. The average Bonchev–Trinajstić information content (AvgIpc) is 2.90. The van der Waals surface area contributed by atoms with Crippen LogP contribution in [0.25, 0.3) is 10.2 Å². The van der Waals surface area contributed by atoms with Gasteiger partial charge in [-0.2, -0.15) is 0 Å². The highest BCUT2D eigenvalue weighted by atomic mass is 35.5. The summed E-state index contributed by atoms with van der Waals surface area (Å²) in [6.07, 6.45) is 1.47. The van der Waals surface area contributed by atoms with Crippen molar-refractivity contribution < 1.29 is 5.11 Å². The van der Waals surface area contributed by atoms with E-state index in [4.69, 9.17) is 23.2 Å². The molecule has 1 aromatic carbocycles. The van der Waals surface area contributed by atoms with Crippen LogP contribution in [-0.2, 0) is 6.42 Å². The Morgan fingerprint density at radius 1 is 1.20 bits per heavy atom. The third-order valence-corrected chi connectivity index (χ3v) is 4.59. The first-order chi connectivity index (χ1) is 9.63. The van der Waals surface area contributed by atoms with Gasteiger partial charge in [-0.25, -0.2) is 0 Å². The second kappa shape index (κ2) is 5.70. The van der Waals surface area contributed by atoms with E-state index in [1.165, 1.54) is 0 Å². The lowest BCUT2D eigenvalue weighted by molar-refractivity contribution is 0.178. The van der Waals surface area contributed by atoms with Crippen LogP contribution in [0.2, 0.25) is 10.0 Å². The molecule has 2 nitrogen and oxygen atoms in total. The number of halogens is 2. The minimum Gasteiger partial charge on any atom is -0.388 e. The maximum atomic E-state index is 10.3. The third-order valence-electron chi connectivity index (χ3n) is 3.13. The second-order valence-electron chi connectivity index (χ2n) is 4.53. The summed E-state index contributed by atoms with van der Waals surface area (Å²) in [6.45, 7) is 0. The van der Waals surface area contributed by atoms with Gasteiger partial charge in [0.25, 0.3) is 0 Å². The van der Waals surface area contributed by atoms with Crippen molar-refractivity contribution in [2.75, 3.05) is 0 Å². The van der Waals surface area contributed by atoms with Crippen LogP contribution in [0, 0.1) is 0 Å². The molecule has 0 radical (unpaired) electrons. The summed E-state index contributed by atoms with van der Waals surface area (Å²) in [6, 6.07) is 9.19. The summed E-state index contributed by atoms with van der Waals surface area (Å²) in [5, 5.41) is 13.6. The molecule has 1 unspecified atom stereocenters. The number of rotatable bonds is 3. The van der Waals surface area contributed by atoms with Crippen LogP contribution < -0.4 is 0 Å². The van der Waals surface area contributed by atoms with Gasteiger partial charge in [0.2, 0.25) is 0 Å². The molecule has 0 saturated carbocycles. The molecular weight excluding hydrogens is 313 g/mol. The lowest BCUT2D eigenvalue weighted by atomic mass is 10.0. The molecule has 0 saturated heterocycles. The SMILES string of the molecule is OC(Cc1cc(Cl)ccc1Cl)c1cnc2ccsc2c1. The van der Waals surface area contributed by atoms with E-state index in [0.717, 1.165) is 21.3 Å². The molecule has 0 aliphatic carbocycles. The zero-order chi connectivity index (χ0) is 14.1. The second-order valence-corrected chi connectivity index (χ2v) is 6.32. The molecule has 5 heteroatoms. The standard InChI is InChI=1S/C15H11Cl2NOS/c16-11-1-2-12(17)9(5-11)6-14(19)10-7-15-13(18-8-10)3-4-20-15/h1-5,7-8,14,19H,6H2. The topological polar surface area (TPSA) is 33.1 Å². The number of fused-ring (bicyclic) bond motifs is 1. The molecule has 3 rings (SSSR count). The molecule has 3 aromatic rings. The number of aliphatic hydroxyl groups excluding tert-OH is 1. The van der Waals surface area contributed by atoms with E-state index in [1.807, 2.05) is 17.5 Å². The van der Waals surface area contributed by atoms with Gasteiger partial charge in [0.1, 0.15) is 0 Å². The molecule has 102 valence electrons. The number of hydrogen-bond acceptors (Lipinski definition) is 3. The minimum atomic E-state index is -0.648. The zero-order valence-corrected chi connectivity index (χ0v) is 12.7. The number of nitrogens with zero attached hydrogens (tertiary/aromatic N) is 1. The Morgan fingerprint density at radius 3 is 2.90 bits per heavy atom. The van der Waals surface area contributed by atoms with Gasteiger partial charge in [-0.05, 0) is 41.3 Å². The molecule has 2 heterocycles. The Labute approximate surface area is 130 Å². The quantitative estimate of drug-likeness (QED) is 0.745. The fourth-order valence-electron chi connectivity index (χ4n) is 2.07. The van der Waals surface area contributed by atoms with Crippen LogP contribution in [0.3, 0.4) is 0 Å². The molecule has 0 fully saturated rings. The van der Waals surface area contributed by atoms with Crippen LogP contribution in [0.4, 0.5) is 0 Å². The number of benzene rings is 1. The summed E-state index contributed by atoms with van der Waals surface area (Å²) in [5.41, 5.74) is 2.57. The van der Waals surface area contributed by atoms with Gasteiger partial charge >= 0.3 is 0 Å². The van der Waals surface area contributed by atoms with Crippen molar-refractivity contribution >= 4 is 44.8 Å². The Balaban J connectivity index is 1.88. The van der Waals surface area contributed by atoms with Crippen molar-refractivity contribution in [2.45, 2.75) is 12.5 Å². The van der Waals surface area contributed by atoms with E-state index in [-0.39, 0.29) is 0 Å². The maximum Gasteiger partial charge on any atom is 0.0846 e. The molecule has 0 spiro atoms. The van der Waals surface area contributed by atoms with Gasteiger partial charge in [-0.15, -0.1) is 11.3 Å². The van der Waals surface area contributed by atoms with Crippen molar-refractivity contribution in [2.24, 2.45) is 0 Å². The van der Waals surface area contributed by atoms with Crippen LogP contribution in [0.1, 0.15) is 17.2 Å². The monoisotopic (exact) mass is 323 g/mol. The van der Waals surface area contributed by atoms with E-state index < -0.39 is 6.10 Å². The van der Waals surface area contributed by atoms with E-state index in [9.17, 15) is 5.11 Å². The summed E-state index contributed by atoms with van der Waals surface area (Å²) < 4.78 is 1.07. The Bertz CT molecular complexity index is 756. The highest BCUT2D eigenvalue weighted by Gasteiger charge is 2.13. The van der Waals surface area contributed by atoms with Crippen molar-refractivity contribution in [3.63, 3.8) is 0 Å². The molecule has 0 amide bonds. The molecule has 1 atom stereocenters. The summed E-state index contributed by atoms with van der Waals surface area (Å²) in [4.78, 5) is 4.34. The normalized spacial score (nSPS) is 12.8. The van der Waals surface area contributed by atoms with Gasteiger partial charge in [0.05, 0.1) is 16.3 Å². The fraction of sp³-hybridized carbons (Fsp3) is 0.133. The summed E-state index contributed by atoms with van der Waals surface area (Å²) >= 11 is 13.7. The lowest BCUT2D eigenvalue weighted by Gasteiger charge is -2.12. The zero-order valence-electron chi connectivity index (χ0n) is 10.4. The summed E-state index contributed by atoms with van der Waals surface area (Å²) in [7, 11) is 0. The van der Waals surface area contributed by atoms with Crippen LogP contribution >= 0.6 is 34.5 Å². The molecule has 0 aliphatic heterocycles. The number of aromatic nitrogens is 1. The van der Waals surface area contributed by atoms with Crippen LogP contribution in [0.15, 0.2) is 41.9 Å². The first kappa shape index (κ1) is 13.8. The highest BCUT2D eigenvalue weighted by molar-refractivity contribution is 7.17. The van der Waals surface area contributed by atoms with Crippen molar-refractivity contribution in [3.05, 3.63) is 63.1 Å². The number of pyridine rings is 1. The van der Waals surface area contributed by atoms with Crippen molar-refractivity contribution in [1.29, 1.82) is 0 Å². The van der Waals surface area contributed by atoms with Crippen LogP contribution in [-0.4, -0.2) is 10.1 Å². The van der Waals surface area contributed by atoms with Gasteiger partial charge in [0.15, 0.2) is 0 Å². The van der Waals surface area contributed by atoms with Crippen LogP contribution in [0.5, 0.6) is 0 Å². The highest BCUT2D eigenvalue weighted by Crippen LogP contribution is 2.28. The Kier molecular flexibility index (Phi) is 3.94. The Morgan fingerprint density at radius 2 is 2.05 bits per heavy atom. The lowest BCUT2D eigenvalue weighted by Crippen LogP contribution is -2.02. The molecular formula is C15H11Cl2NOS. The molecule has 0 bridgehead atoms. The smallest absolute Gasteiger partial charge is 0.0846 e. The van der Waals surface area contributed by atoms with Crippen molar-refractivity contribution in [1.82, 2.24) is 4.98 Å². The van der Waals surface area contributed by atoms with E-state index in [2.05, 4.69) is 4.98 Å². The third kappa shape index (κ3) is 2.81. The van der Waals surface area contributed by atoms with Gasteiger partial charge in [0, 0.05) is 28.2 Å². The first-order valence-electron chi connectivity index (χ1n) is 6.08. The summed E-state index contributed by atoms with van der Waals surface area (Å²) in [5.74, 6) is 0. The number of hydrogen-bond donors (Lipinski definition) is 1. The van der Waals surface area contributed by atoms with Gasteiger partial charge in [-0.3, -0.25) is 4.98 Å².